The van der Waals surface area contributed by atoms with Gasteiger partial charge in [-0.15, -0.1) is 0 Å². The Bertz CT molecular complexity index is 1050. The smallest absolute Gasteiger partial charge is 0.258 e. The lowest BCUT2D eigenvalue weighted by molar-refractivity contribution is -0.0988. The standard InChI is InChI=1S/C22H23N3O3/c26-18-7-4-10-25-21(27)11-17(23-22(18)25)12-24-13-19(15-5-2-1-3-6-15)28-20(14-24)16-8-9-16/h1-7,10-11,16,19-20,26H,8-9,12-14H2/t19-,20+/m0/s1. The number of pyridine rings is 1. The van der Waals surface area contributed by atoms with E-state index in [1.807, 2.05) is 18.2 Å². The summed E-state index contributed by atoms with van der Waals surface area (Å²) in [7, 11) is 0. The molecule has 0 unspecified atom stereocenters. The molecular weight excluding hydrogens is 354 g/mol. The van der Waals surface area contributed by atoms with Gasteiger partial charge in [0, 0.05) is 31.9 Å². The number of aromatic nitrogens is 2. The highest BCUT2D eigenvalue weighted by Gasteiger charge is 2.38. The molecule has 0 spiro atoms. The minimum absolute atomic E-state index is 0.0152. The first kappa shape index (κ1) is 17.4. The molecule has 2 aliphatic rings. The molecule has 6 nitrogen and oxygen atoms in total. The second kappa shape index (κ2) is 7.04. The molecule has 6 heteroatoms. The van der Waals surface area contributed by atoms with E-state index in [1.54, 1.807) is 24.4 Å². The summed E-state index contributed by atoms with van der Waals surface area (Å²) in [6, 6.07) is 15.1. The van der Waals surface area contributed by atoms with Crippen LogP contribution in [0.5, 0.6) is 5.75 Å². The van der Waals surface area contributed by atoms with Crippen LogP contribution in [-0.2, 0) is 11.3 Å². The van der Waals surface area contributed by atoms with Crippen molar-refractivity contribution in [2.45, 2.75) is 31.6 Å². The molecule has 2 aromatic heterocycles. The normalized spacial score (nSPS) is 23.1. The van der Waals surface area contributed by atoms with Crippen molar-refractivity contribution in [3.05, 3.63) is 76.3 Å². The average molecular weight is 377 g/mol. The van der Waals surface area contributed by atoms with Gasteiger partial charge in [0.25, 0.3) is 5.56 Å². The van der Waals surface area contributed by atoms with Gasteiger partial charge in [-0.1, -0.05) is 30.3 Å². The highest BCUT2D eigenvalue weighted by molar-refractivity contribution is 5.52. The second-order valence-electron chi connectivity index (χ2n) is 7.78. The zero-order valence-electron chi connectivity index (χ0n) is 15.6. The number of fused-ring (bicyclic) bond motifs is 1. The molecule has 3 heterocycles. The van der Waals surface area contributed by atoms with Crippen molar-refractivity contribution in [2.75, 3.05) is 13.1 Å². The number of hydrogen-bond acceptors (Lipinski definition) is 5. The lowest BCUT2D eigenvalue weighted by Gasteiger charge is -2.38. The summed E-state index contributed by atoms with van der Waals surface area (Å²) < 4.78 is 7.78. The van der Waals surface area contributed by atoms with Gasteiger partial charge in [-0.2, -0.15) is 0 Å². The van der Waals surface area contributed by atoms with Gasteiger partial charge in [-0.3, -0.25) is 14.1 Å². The maximum atomic E-state index is 12.4. The van der Waals surface area contributed by atoms with E-state index >= 15 is 0 Å². The van der Waals surface area contributed by atoms with Gasteiger partial charge in [0.05, 0.1) is 17.9 Å². The van der Waals surface area contributed by atoms with Crippen LogP contribution in [0.3, 0.4) is 0 Å². The number of hydrogen-bond donors (Lipinski definition) is 1. The first-order chi connectivity index (χ1) is 13.7. The van der Waals surface area contributed by atoms with Gasteiger partial charge in [0.15, 0.2) is 11.4 Å². The van der Waals surface area contributed by atoms with Gasteiger partial charge in [0.2, 0.25) is 0 Å². The fourth-order valence-electron chi connectivity index (χ4n) is 4.04. The van der Waals surface area contributed by atoms with Crippen LogP contribution >= 0.6 is 0 Å². The van der Waals surface area contributed by atoms with E-state index in [0.717, 1.165) is 13.1 Å². The first-order valence-corrected chi connectivity index (χ1v) is 9.80. The van der Waals surface area contributed by atoms with Crippen LogP contribution in [-0.4, -0.2) is 38.6 Å². The minimum Gasteiger partial charge on any atom is -0.504 e. The molecule has 1 aromatic carbocycles. The molecule has 1 aliphatic heterocycles. The molecular formula is C22H23N3O3. The number of nitrogens with zero attached hydrogens (tertiary/aromatic N) is 3. The van der Waals surface area contributed by atoms with E-state index in [1.165, 1.54) is 22.8 Å². The number of morpholine rings is 1. The van der Waals surface area contributed by atoms with Gasteiger partial charge in [-0.25, -0.2) is 4.98 Å². The summed E-state index contributed by atoms with van der Waals surface area (Å²) in [6.07, 6.45) is 4.31. The Hall–Kier alpha value is -2.70. The van der Waals surface area contributed by atoms with Crippen LogP contribution in [0.25, 0.3) is 5.65 Å². The molecule has 5 rings (SSSR count). The minimum atomic E-state index is -0.178. The third kappa shape index (κ3) is 3.41. The van der Waals surface area contributed by atoms with Crippen molar-refractivity contribution >= 4 is 5.65 Å². The summed E-state index contributed by atoms with van der Waals surface area (Å²) in [5.74, 6) is 0.648. The molecule has 0 amide bonds. The topological polar surface area (TPSA) is 67.1 Å². The van der Waals surface area contributed by atoms with Crippen LogP contribution in [0.1, 0.15) is 30.2 Å². The Morgan fingerprint density at radius 2 is 1.93 bits per heavy atom. The predicted octanol–water partition coefficient (Wildman–Crippen LogP) is 2.75. The van der Waals surface area contributed by atoms with E-state index in [4.69, 9.17) is 4.74 Å². The molecule has 1 N–H and O–H groups in total. The van der Waals surface area contributed by atoms with Crippen molar-refractivity contribution in [3.8, 4) is 5.75 Å². The van der Waals surface area contributed by atoms with Gasteiger partial charge in [-0.05, 0) is 36.5 Å². The quantitative estimate of drug-likeness (QED) is 0.757. The van der Waals surface area contributed by atoms with Crippen LogP contribution in [0, 0.1) is 5.92 Å². The third-order valence-electron chi connectivity index (χ3n) is 5.63. The third-order valence-corrected chi connectivity index (χ3v) is 5.63. The Morgan fingerprint density at radius 3 is 2.71 bits per heavy atom. The van der Waals surface area contributed by atoms with E-state index in [2.05, 4.69) is 22.0 Å². The molecule has 144 valence electrons. The Balaban J connectivity index is 1.42. The predicted molar refractivity (Wildman–Crippen MR) is 105 cm³/mol. The molecule has 2 fully saturated rings. The van der Waals surface area contributed by atoms with Crippen molar-refractivity contribution in [2.24, 2.45) is 5.92 Å². The Kier molecular flexibility index (Phi) is 4.37. The van der Waals surface area contributed by atoms with Gasteiger partial charge < -0.3 is 9.84 Å². The molecule has 1 saturated carbocycles. The number of rotatable bonds is 4. The summed E-state index contributed by atoms with van der Waals surface area (Å²) >= 11 is 0. The van der Waals surface area contributed by atoms with Gasteiger partial charge in [0.1, 0.15) is 0 Å². The van der Waals surface area contributed by atoms with Crippen LogP contribution in [0.2, 0.25) is 0 Å². The number of ether oxygens (including phenoxy) is 1. The Morgan fingerprint density at radius 1 is 1.11 bits per heavy atom. The van der Waals surface area contributed by atoms with E-state index in [9.17, 15) is 9.90 Å². The first-order valence-electron chi connectivity index (χ1n) is 9.80. The molecule has 28 heavy (non-hydrogen) atoms. The van der Waals surface area contributed by atoms with Crippen LogP contribution in [0.15, 0.2) is 59.5 Å². The zero-order chi connectivity index (χ0) is 19.1. The summed E-state index contributed by atoms with van der Waals surface area (Å²) in [5.41, 5.74) is 1.98. The van der Waals surface area contributed by atoms with E-state index in [0.29, 0.717) is 23.8 Å². The van der Waals surface area contributed by atoms with Crippen molar-refractivity contribution in [1.29, 1.82) is 0 Å². The van der Waals surface area contributed by atoms with Crippen molar-refractivity contribution in [1.82, 2.24) is 14.3 Å². The second-order valence-corrected chi connectivity index (χ2v) is 7.78. The van der Waals surface area contributed by atoms with Crippen molar-refractivity contribution < 1.29 is 9.84 Å². The van der Waals surface area contributed by atoms with Gasteiger partial charge >= 0.3 is 0 Å². The number of benzene rings is 1. The van der Waals surface area contributed by atoms with E-state index < -0.39 is 0 Å². The highest BCUT2D eigenvalue weighted by Crippen LogP contribution is 2.39. The molecule has 2 atom stereocenters. The van der Waals surface area contributed by atoms with Crippen LogP contribution in [0.4, 0.5) is 0 Å². The Labute approximate surface area is 163 Å². The fourth-order valence-corrected chi connectivity index (χ4v) is 4.04. The van der Waals surface area contributed by atoms with E-state index in [-0.39, 0.29) is 23.5 Å². The summed E-state index contributed by atoms with van der Waals surface area (Å²) in [5, 5.41) is 10.1. The molecule has 1 saturated heterocycles. The average Bonchev–Trinajstić information content (AvgIpc) is 3.55. The van der Waals surface area contributed by atoms with Crippen molar-refractivity contribution in [3.63, 3.8) is 0 Å². The molecule has 0 bridgehead atoms. The maximum Gasteiger partial charge on any atom is 0.258 e. The highest BCUT2D eigenvalue weighted by atomic mass is 16.5. The number of aromatic hydroxyl groups is 1. The fraction of sp³-hybridized carbons (Fsp3) is 0.364. The lowest BCUT2D eigenvalue weighted by Crippen LogP contribution is -2.44. The summed E-state index contributed by atoms with van der Waals surface area (Å²) in [4.78, 5) is 19.3. The van der Waals surface area contributed by atoms with Crippen LogP contribution < -0.4 is 5.56 Å². The SMILES string of the molecule is O=c1cc(CN2C[C@@H](c3ccccc3)O[C@@H](C3CC3)C2)nc2c(O)cccn12. The molecule has 1 aliphatic carbocycles. The monoisotopic (exact) mass is 377 g/mol. The summed E-state index contributed by atoms with van der Waals surface area (Å²) in [6.45, 7) is 2.17. The molecule has 3 aromatic rings. The lowest BCUT2D eigenvalue weighted by atomic mass is 10.0. The maximum absolute atomic E-state index is 12.4. The molecule has 0 radical (unpaired) electrons. The largest absolute Gasteiger partial charge is 0.504 e. The zero-order valence-corrected chi connectivity index (χ0v) is 15.6.